The molecule has 19 heavy (non-hydrogen) atoms. The molecule has 1 atom stereocenters. The molecule has 1 aromatic heterocycles. The van der Waals surface area contributed by atoms with Gasteiger partial charge < -0.3 is 10.0 Å². The van der Waals surface area contributed by atoms with E-state index in [1.54, 1.807) is 12.1 Å². The molecule has 0 aromatic carbocycles. The van der Waals surface area contributed by atoms with Crippen LogP contribution in [0.3, 0.4) is 0 Å². The van der Waals surface area contributed by atoms with Gasteiger partial charge in [-0.1, -0.05) is 13.8 Å². The van der Waals surface area contributed by atoms with Crippen LogP contribution in [0.15, 0.2) is 12.1 Å². The molecule has 1 aromatic rings. The molecule has 0 spiro atoms. The standard InChI is InChI=1S/C14H19N3O2/c1-9(2)12-7-11(14(18)19)8-13(16-12)17(4)10(3)5-6-15/h7-10H,5H2,1-4H3,(H,18,19). The van der Waals surface area contributed by atoms with Gasteiger partial charge in [0.15, 0.2) is 0 Å². The molecule has 1 rings (SSSR count). The van der Waals surface area contributed by atoms with E-state index in [-0.39, 0.29) is 17.5 Å². The first-order valence-electron chi connectivity index (χ1n) is 6.21. The number of nitriles is 1. The maximum Gasteiger partial charge on any atom is 0.335 e. The molecule has 0 aliphatic carbocycles. The minimum Gasteiger partial charge on any atom is -0.478 e. The highest BCUT2D eigenvalue weighted by Gasteiger charge is 2.16. The molecule has 0 radical (unpaired) electrons. The second kappa shape index (κ2) is 6.19. The van der Waals surface area contributed by atoms with Crippen LogP contribution in [0.1, 0.15) is 49.2 Å². The number of carbonyl (C=O) groups is 1. The third kappa shape index (κ3) is 3.68. The van der Waals surface area contributed by atoms with Crippen LogP contribution in [0, 0.1) is 11.3 Å². The molecular formula is C14H19N3O2. The largest absolute Gasteiger partial charge is 0.478 e. The molecule has 0 saturated carbocycles. The molecule has 102 valence electrons. The number of anilines is 1. The Morgan fingerprint density at radius 3 is 2.58 bits per heavy atom. The van der Waals surface area contributed by atoms with Crippen molar-refractivity contribution in [2.45, 2.75) is 39.2 Å². The Bertz CT molecular complexity index is 506. The van der Waals surface area contributed by atoms with Crippen LogP contribution in [-0.4, -0.2) is 29.1 Å². The van der Waals surface area contributed by atoms with Gasteiger partial charge in [0.2, 0.25) is 0 Å². The van der Waals surface area contributed by atoms with E-state index in [4.69, 9.17) is 10.4 Å². The quantitative estimate of drug-likeness (QED) is 0.881. The van der Waals surface area contributed by atoms with Crippen LogP contribution in [0.25, 0.3) is 0 Å². The number of carboxylic acids is 1. The number of hydrogen-bond donors (Lipinski definition) is 1. The van der Waals surface area contributed by atoms with Gasteiger partial charge in [0.1, 0.15) is 5.82 Å². The fourth-order valence-electron chi connectivity index (χ4n) is 1.63. The van der Waals surface area contributed by atoms with Crippen LogP contribution in [0.5, 0.6) is 0 Å². The summed E-state index contributed by atoms with van der Waals surface area (Å²) >= 11 is 0. The van der Waals surface area contributed by atoms with Gasteiger partial charge in [0.05, 0.1) is 18.1 Å². The zero-order valence-electron chi connectivity index (χ0n) is 11.7. The molecule has 0 bridgehead atoms. The van der Waals surface area contributed by atoms with Gasteiger partial charge in [0, 0.05) is 18.8 Å². The number of carboxylic acid groups (broad SMARTS) is 1. The first-order valence-corrected chi connectivity index (χ1v) is 6.21. The number of aromatic nitrogens is 1. The molecule has 5 heteroatoms. The zero-order valence-corrected chi connectivity index (χ0v) is 11.7. The van der Waals surface area contributed by atoms with Crippen molar-refractivity contribution < 1.29 is 9.90 Å². The van der Waals surface area contributed by atoms with Gasteiger partial charge in [-0.15, -0.1) is 0 Å². The van der Waals surface area contributed by atoms with E-state index >= 15 is 0 Å². The van der Waals surface area contributed by atoms with E-state index in [1.165, 1.54) is 0 Å². The Balaban J connectivity index is 3.19. The van der Waals surface area contributed by atoms with Gasteiger partial charge in [-0.05, 0) is 25.0 Å². The molecule has 1 unspecified atom stereocenters. The van der Waals surface area contributed by atoms with Gasteiger partial charge in [-0.25, -0.2) is 9.78 Å². The Morgan fingerprint density at radius 2 is 2.11 bits per heavy atom. The molecule has 1 N–H and O–H groups in total. The number of nitrogens with zero attached hydrogens (tertiary/aromatic N) is 3. The summed E-state index contributed by atoms with van der Waals surface area (Å²) < 4.78 is 0. The Kier molecular flexibility index (Phi) is 4.87. The van der Waals surface area contributed by atoms with Gasteiger partial charge in [-0.3, -0.25) is 0 Å². The van der Waals surface area contributed by atoms with Gasteiger partial charge in [0.25, 0.3) is 0 Å². The van der Waals surface area contributed by atoms with Crippen molar-refractivity contribution in [3.63, 3.8) is 0 Å². The Hall–Kier alpha value is -2.09. The highest BCUT2D eigenvalue weighted by atomic mass is 16.4. The minimum absolute atomic E-state index is 0.0124. The molecule has 0 saturated heterocycles. The molecular weight excluding hydrogens is 242 g/mol. The maximum absolute atomic E-state index is 11.1. The third-order valence-electron chi connectivity index (χ3n) is 3.08. The average molecular weight is 261 g/mol. The predicted octanol–water partition coefficient (Wildman–Crippen LogP) is 2.64. The van der Waals surface area contributed by atoms with Gasteiger partial charge in [-0.2, -0.15) is 5.26 Å². The van der Waals surface area contributed by atoms with Crippen molar-refractivity contribution in [2.75, 3.05) is 11.9 Å². The number of rotatable bonds is 5. The normalized spacial score (nSPS) is 12.0. The van der Waals surface area contributed by atoms with Crippen LogP contribution in [0.4, 0.5) is 5.82 Å². The van der Waals surface area contributed by atoms with Crippen LogP contribution in [0.2, 0.25) is 0 Å². The number of pyridine rings is 1. The SMILES string of the molecule is CC(C)c1cc(C(=O)O)cc(N(C)C(C)CC#N)n1. The van der Waals surface area contributed by atoms with Gasteiger partial charge >= 0.3 is 5.97 Å². The lowest BCUT2D eigenvalue weighted by molar-refractivity contribution is 0.0696. The lowest BCUT2D eigenvalue weighted by atomic mass is 10.1. The summed E-state index contributed by atoms with van der Waals surface area (Å²) in [5.41, 5.74) is 0.968. The minimum atomic E-state index is -0.966. The Labute approximate surface area is 113 Å². The fourth-order valence-corrected chi connectivity index (χ4v) is 1.63. The fraction of sp³-hybridized carbons (Fsp3) is 0.500. The summed E-state index contributed by atoms with van der Waals surface area (Å²) in [6.07, 6.45) is 0.368. The summed E-state index contributed by atoms with van der Waals surface area (Å²) in [6, 6.07) is 5.23. The molecule has 0 aliphatic rings. The molecule has 1 heterocycles. The van der Waals surface area contributed by atoms with Crippen LogP contribution < -0.4 is 4.90 Å². The van der Waals surface area contributed by atoms with Crippen molar-refractivity contribution >= 4 is 11.8 Å². The van der Waals surface area contributed by atoms with E-state index in [2.05, 4.69) is 11.1 Å². The molecule has 0 fully saturated rings. The summed E-state index contributed by atoms with van der Waals surface area (Å²) in [5, 5.41) is 17.9. The van der Waals surface area contributed by atoms with Crippen molar-refractivity contribution in [2.24, 2.45) is 0 Å². The first-order chi connectivity index (χ1) is 8.86. The van der Waals surface area contributed by atoms with Crippen molar-refractivity contribution in [1.29, 1.82) is 5.26 Å². The maximum atomic E-state index is 11.1. The van der Waals surface area contributed by atoms with Crippen molar-refractivity contribution in [3.05, 3.63) is 23.4 Å². The topological polar surface area (TPSA) is 77.2 Å². The second-order valence-electron chi connectivity index (χ2n) is 4.92. The summed E-state index contributed by atoms with van der Waals surface area (Å²) in [5.74, 6) is -0.226. The summed E-state index contributed by atoms with van der Waals surface area (Å²) in [7, 11) is 1.82. The van der Waals surface area contributed by atoms with E-state index in [0.29, 0.717) is 12.2 Å². The average Bonchev–Trinajstić information content (AvgIpc) is 2.37. The van der Waals surface area contributed by atoms with Crippen molar-refractivity contribution in [3.8, 4) is 6.07 Å². The summed E-state index contributed by atoms with van der Waals surface area (Å²) in [6.45, 7) is 5.85. The number of aromatic carboxylic acids is 1. The Morgan fingerprint density at radius 1 is 1.47 bits per heavy atom. The molecule has 5 nitrogen and oxygen atoms in total. The van der Waals surface area contributed by atoms with E-state index in [9.17, 15) is 4.79 Å². The number of hydrogen-bond acceptors (Lipinski definition) is 4. The van der Waals surface area contributed by atoms with E-state index in [0.717, 1.165) is 5.69 Å². The zero-order chi connectivity index (χ0) is 14.6. The second-order valence-corrected chi connectivity index (χ2v) is 4.92. The molecule has 0 aliphatic heterocycles. The molecule has 0 amide bonds. The highest BCUT2D eigenvalue weighted by Crippen LogP contribution is 2.21. The van der Waals surface area contributed by atoms with Crippen molar-refractivity contribution in [1.82, 2.24) is 4.98 Å². The summed E-state index contributed by atoms with van der Waals surface area (Å²) in [4.78, 5) is 17.5. The van der Waals surface area contributed by atoms with E-state index < -0.39 is 5.97 Å². The van der Waals surface area contributed by atoms with E-state index in [1.807, 2.05) is 32.7 Å². The highest BCUT2D eigenvalue weighted by molar-refractivity contribution is 5.88. The predicted molar refractivity (Wildman–Crippen MR) is 73.4 cm³/mol. The first kappa shape index (κ1) is 15.0. The lowest BCUT2D eigenvalue weighted by Crippen LogP contribution is -2.29. The van der Waals surface area contributed by atoms with Crippen LogP contribution >= 0.6 is 0 Å². The van der Waals surface area contributed by atoms with Crippen LogP contribution in [-0.2, 0) is 0 Å². The smallest absolute Gasteiger partial charge is 0.335 e. The third-order valence-corrected chi connectivity index (χ3v) is 3.08. The lowest BCUT2D eigenvalue weighted by Gasteiger charge is -2.25. The monoisotopic (exact) mass is 261 g/mol.